The summed E-state index contributed by atoms with van der Waals surface area (Å²) in [7, 11) is 1.74. The summed E-state index contributed by atoms with van der Waals surface area (Å²) in [5.74, 6) is 2.17. The summed E-state index contributed by atoms with van der Waals surface area (Å²) in [6, 6.07) is 19.1. The number of ether oxygens (including phenoxy) is 1. The maximum Gasteiger partial charge on any atom is 0.112 e. The zero-order chi connectivity index (χ0) is 17.9. The number of aliphatic imine (C=N–C) groups is 1. The van der Waals surface area contributed by atoms with Gasteiger partial charge in [-0.2, -0.15) is 0 Å². The van der Waals surface area contributed by atoms with Gasteiger partial charge in [0.05, 0.1) is 24.6 Å². The van der Waals surface area contributed by atoms with Crippen LogP contribution in [0.5, 0.6) is 0 Å². The van der Waals surface area contributed by atoms with Crippen molar-refractivity contribution in [3.63, 3.8) is 0 Å². The molecule has 1 fully saturated rings. The maximum atomic E-state index is 5.38. The lowest BCUT2D eigenvalue weighted by Gasteiger charge is -2.46. The molecular weight excluding hydrogens is 388 g/mol. The van der Waals surface area contributed by atoms with Gasteiger partial charge >= 0.3 is 0 Å². The minimum absolute atomic E-state index is 0.342. The van der Waals surface area contributed by atoms with Crippen LogP contribution in [0.15, 0.2) is 87.7 Å². The number of hydrogen-bond donors (Lipinski definition) is 0. The third kappa shape index (κ3) is 3.47. The van der Waals surface area contributed by atoms with E-state index in [-0.39, 0.29) is 0 Å². The van der Waals surface area contributed by atoms with E-state index >= 15 is 0 Å². The molecule has 0 aromatic heterocycles. The number of likely N-dealkylation sites (tertiary alicyclic amines) is 1. The van der Waals surface area contributed by atoms with Gasteiger partial charge in [-0.1, -0.05) is 46.3 Å². The predicted molar refractivity (Wildman–Crippen MR) is 109 cm³/mol. The summed E-state index contributed by atoms with van der Waals surface area (Å²) in [5, 5.41) is 0. The van der Waals surface area contributed by atoms with Gasteiger partial charge in [0.25, 0.3) is 0 Å². The van der Waals surface area contributed by atoms with Crippen LogP contribution in [-0.4, -0.2) is 17.8 Å². The Morgan fingerprint density at radius 3 is 2.42 bits per heavy atom. The Bertz CT molecular complexity index is 869. The van der Waals surface area contributed by atoms with Crippen molar-refractivity contribution in [2.45, 2.75) is 25.3 Å². The van der Waals surface area contributed by atoms with E-state index in [2.05, 4.69) is 69.4 Å². The molecule has 26 heavy (non-hydrogen) atoms. The highest BCUT2D eigenvalue weighted by molar-refractivity contribution is 9.10. The second kappa shape index (κ2) is 7.50. The van der Waals surface area contributed by atoms with Crippen molar-refractivity contribution in [3.8, 4) is 0 Å². The van der Waals surface area contributed by atoms with Crippen LogP contribution in [0.2, 0.25) is 0 Å². The molecule has 4 heteroatoms. The normalized spacial score (nSPS) is 21.1. The predicted octanol–water partition coefficient (Wildman–Crippen LogP) is 6.13. The van der Waals surface area contributed by atoms with Gasteiger partial charge in [-0.25, -0.2) is 4.99 Å². The minimum Gasteiger partial charge on any atom is -0.501 e. The molecule has 0 spiro atoms. The molecule has 1 aliphatic carbocycles. The molecule has 1 heterocycles. The molecule has 1 atom stereocenters. The van der Waals surface area contributed by atoms with Gasteiger partial charge in [0.15, 0.2) is 0 Å². The lowest BCUT2D eigenvalue weighted by atomic mass is 9.90. The molecule has 0 saturated carbocycles. The van der Waals surface area contributed by atoms with Crippen molar-refractivity contribution in [3.05, 3.63) is 88.2 Å². The van der Waals surface area contributed by atoms with Gasteiger partial charge in [-0.15, -0.1) is 0 Å². The molecule has 1 saturated heterocycles. The number of halogens is 1. The Labute approximate surface area is 162 Å². The first kappa shape index (κ1) is 17.1. The molecule has 0 amide bonds. The molecule has 1 aliphatic heterocycles. The van der Waals surface area contributed by atoms with E-state index in [9.17, 15) is 0 Å². The Kier molecular flexibility index (Phi) is 4.93. The van der Waals surface area contributed by atoms with Crippen LogP contribution < -0.4 is 0 Å². The highest BCUT2D eigenvalue weighted by atomic mass is 79.9. The molecule has 1 unspecified atom stereocenters. The van der Waals surface area contributed by atoms with Crippen molar-refractivity contribution < 1.29 is 4.74 Å². The fourth-order valence-corrected chi connectivity index (χ4v) is 3.74. The Morgan fingerprint density at radius 2 is 1.77 bits per heavy atom. The first-order valence-corrected chi connectivity index (χ1v) is 9.65. The van der Waals surface area contributed by atoms with Crippen molar-refractivity contribution >= 4 is 27.5 Å². The summed E-state index contributed by atoms with van der Waals surface area (Å²) < 4.78 is 6.49. The van der Waals surface area contributed by atoms with Crippen molar-refractivity contribution in [1.29, 1.82) is 0 Å². The van der Waals surface area contributed by atoms with Crippen LogP contribution in [0.1, 0.15) is 30.9 Å². The summed E-state index contributed by atoms with van der Waals surface area (Å²) in [5.41, 5.74) is 3.63. The number of rotatable bonds is 4. The molecule has 2 aliphatic rings. The molecular formula is C22H21BrN2O. The lowest BCUT2D eigenvalue weighted by molar-refractivity contribution is 0.259. The summed E-state index contributed by atoms with van der Waals surface area (Å²) in [6.45, 7) is 0. The number of methoxy groups -OCH3 is 1. The highest BCUT2D eigenvalue weighted by Gasteiger charge is 2.37. The number of para-hydroxylation sites is 1. The average Bonchev–Trinajstić information content (AvgIpc) is 2.67. The fraction of sp³-hybridized carbons (Fsp3) is 0.227. The standard InChI is InChI=1S/C22H21BrN2O/c1-26-20-13-11-19(12-14-20)25-21(16-7-9-17(23)10-8-16)15-22(25)24-18-5-3-2-4-6-18/h2-11,13,21H,12,14-15H2,1H3/b24-22+. The Morgan fingerprint density at radius 1 is 1.00 bits per heavy atom. The van der Waals surface area contributed by atoms with Crippen LogP contribution in [0, 0.1) is 0 Å². The second-order valence-electron chi connectivity index (χ2n) is 6.50. The van der Waals surface area contributed by atoms with Crippen molar-refractivity contribution in [2.75, 3.05) is 7.11 Å². The van der Waals surface area contributed by atoms with Gasteiger partial charge in [0, 0.05) is 23.0 Å². The molecule has 3 nitrogen and oxygen atoms in total. The van der Waals surface area contributed by atoms with E-state index in [4.69, 9.17) is 9.73 Å². The zero-order valence-electron chi connectivity index (χ0n) is 14.7. The van der Waals surface area contributed by atoms with Crippen molar-refractivity contribution in [1.82, 2.24) is 4.90 Å². The largest absolute Gasteiger partial charge is 0.501 e. The topological polar surface area (TPSA) is 24.8 Å². The van der Waals surface area contributed by atoms with Crippen LogP contribution in [0.3, 0.4) is 0 Å². The molecule has 0 N–H and O–H groups in total. The van der Waals surface area contributed by atoms with E-state index in [0.717, 1.165) is 41.0 Å². The van der Waals surface area contributed by atoms with Crippen LogP contribution in [-0.2, 0) is 4.74 Å². The summed E-state index contributed by atoms with van der Waals surface area (Å²) in [4.78, 5) is 7.28. The SMILES string of the molecule is COC1=CC=C(N2/C(=N/c3ccccc3)CC2c2ccc(Br)cc2)CC1. The monoisotopic (exact) mass is 408 g/mol. The van der Waals surface area contributed by atoms with Gasteiger partial charge in [-0.05, 0) is 48.4 Å². The highest BCUT2D eigenvalue weighted by Crippen LogP contribution is 2.42. The molecule has 0 bridgehead atoms. The number of hydrogen-bond acceptors (Lipinski definition) is 2. The van der Waals surface area contributed by atoms with Gasteiger partial charge in [0.2, 0.25) is 0 Å². The number of nitrogens with zero attached hydrogens (tertiary/aromatic N) is 2. The molecule has 132 valence electrons. The Balaban J connectivity index is 1.66. The summed E-state index contributed by atoms with van der Waals surface area (Å²) in [6.07, 6.45) is 7.11. The van der Waals surface area contributed by atoms with Crippen molar-refractivity contribution in [2.24, 2.45) is 4.99 Å². The number of allylic oxidation sites excluding steroid dienone is 4. The van der Waals surface area contributed by atoms with Crippen LogP contribution in [0.4, 0.5) is 5.69 Å². The number of amidine groups is 1. The minimum atomic E-state index is 0.342. The van der Waals surface area contributed by atoms with E-state index < -0.39 is 0 Å². The second-order valence-corrected chi connectivity index (χ2v) is 7.42. The van der Waals surface area contributed by atoms with E-state index in [1.807, 2.05) is 18.2 Å². The first-order chi connectivity index (χ1) is 12.7. The van der Waals surface area contributed by atoms with Gasteiger partial charge in [0.1, 0.15) is 5.84 Å². The fourth-order valence-electron chi connectivity index (χ4n) is 3.48. The summed E-state index contributed by atoms with van der Waals surface area (Å²) >= 11 is 3.53. The van der Waals surface area contributed by atoms with E-state index in [0.29, 0.717) is 6.04 Å². The zero-order valence-corrected chi connectivity index (χ0v) is 16.3. The lowest BCUT2D eigenvalue weighted by Crippen LogP contribution is -2.45. The maximum absolute atomic E-state index is 5.38. The Hall–Kier alpha value is -2.33. The van der Waals surface area contributed by atoms with Gasteiger partial charge in [-0.3, -0.25) is 0 Å². The third-order valence-corrected chi connectivity index (χ3v) is 5.42. The third-order valence-electron chi connectivity index (χ3n) is 4.90. The average molecular weight is 409 g/mol. The van der Waals surface area contributed by atoms with E-state index in [1.165, 1.54) is 11.3 Å². The van der Waals surface area contributed by atoms with Gasteiger partial charge < -0.3 is 9.64 Å². The van der Waals surface area contributed by atoms with E-state index in [1.54, 1.807) is 7.11 Å². The number of benzene rings is 2. The molecule has 2 aromatic carbocycles. The van der Waals surface area contributed by atoms with Crippen LogP contribution in [0.25, 0.3) is 0 Å². The van der Waals surface area contributed by atoms with Crippen LogP contribution >= 0.6 is 15.9 Å². The first-order valence-electron chi connectivity index (χ1n) is 8.85. The molecule has 2 aromatic rings. The smallest absolute Gasteiger partial charge is 0.112 e. The molecule has 4 rings (SSSR count). The quantitative estimate of drug-likeness (QED) is 0.607. The molecule has 0 radical (unpaired) electrons.